The molecule has 0 saturated carbocycles. The molecule has 0 atom stereocenters. The van der Waals surface area contributed by atoms with Crippen LogP contribution in [0.15, 0.2) is 46.0 Å². The topological polar surface area (TPSA) is 79.4 Å². The Kier molecular flexibility index (Phi) is 6.80. The number of benzene rings is 1. The molecule has 0 spiro atoms. The molecule has 4 rings (SSSR count). The van der Waals surface area contributed by atoms with Gasteiger partial charge in [0.25, 0.3) is 10.0 Å². The van der Waals surface area contributed by atoms with E-state index in [0.29, 0.717) is 35.4 Å². The zero-order valence-electron chi connectivity index (χ0n) is 15.5. The fraction of sp³-hybridized carbons (Fsp3) is 0.263. The zero-order chi connectivity index (χ0) is 21.3. The Morgan fingerprint density at radius 1 is 1.17 bits per heavy atom. The van der Waals surface area contributed by atoms with E-state index in [1.807, 2.05) is 29.6 Å². The largest absolute Gasteiger partial charge is 0.302 e. The van der Waals surface area contributed by atoms with Crippen LogP contribution < -0.4 is 5.32 Å². The monoisotopic (exact) mass is 593 g/mol. The predicted octanol–water partition coefficient (Wildman–Crippen LogP) is 5.17. The molecule has 11 heteroatoms. The summed E-state index contributed by atoms with van der Waals surface area (Å²) in [5.41, 5.74) is 1.82. The molecule has 6 nitrogen and oxygen atoms in total. The molecule has 1 aliphatic heterocycles. The highest BCUT2D eigenvalue weighted by atomic mass is 127. The van der Waals surface area contributed by atoms with Crippen LogP contribution in [0, 0.1) is 9.49 Å². The van der Waals surface area contributed by atoms with E-state index in [0.717, 1.165) is 26.2 Å². The molecule has 30 heavy (non-hydrogen) atoms. The molecule has 1 N–H and O–H groups in total. The van der Waals surface area contributed by atoms with Gasteiger partial charge in [-0.05, 0) is 59.7 Å². The number of piperidine rings is 1. The van der Waals surface area contributed by atoms with Crippen molar-refractivity contribution in [3.63, 3.8) is 0 Å². The lowest BCUT2D eigenvalue weighted by Gasteiger charge is -2.29. The quantitative estimate of drug-likeness (QED) is 0.414. The van der Waals surface area contributed by atoms with Gasteiger partial charge in [-0.15, -0.1) is 22.7 Å². The van der Waals surface area contributed by atoms with E-state index in [-0.39, 0.29) is 16.0 Å². The highest BCUT2D eigenvalue weighted by Crippen LogP contribution is 2.31. The van der Waals surface area contributed by atoms with E-state index in [2.05, 4.69) is 32.9 Å². The Balaban J connectivity index is 1.35. The zero-order valence-corrected chi connectivity index (χ0v) is 20.9. The first-order chi connectivity index (χ1) is 14.3. The maximum atomic E-state index is 12.7. The van der Waals surface area contributed by atoms with Crippen LogP contribution in [-0.4, -0.2) is 36.7 Å². The van der Waals surface area contributed by atoms with Crippen LogP contribution in [-0.2, 0) is 14.8 Å². The SMILES string of the molecule is O=C(Nc1nc(-c2ccc(I)cc2)cs1)C1CCN(S(=O)(=O)c2ccc(Cl)s2)CC1. The van der Waals surface area contributed by atoms with Gasteiger partial charge in [0, 0.05) is 33.5 Å². The van der Waals surface area contributed by atoms with Crippen molar-refractivity contribution in [1.82, 2.24) is 9.29 Å². The highest BCUT2D eigenvalue weighted by Gasteiger charge is 2.33. The van der Waals surface area contributed by atoms with E-state index >= 15 is 0 Å². The molecule has 0 unspecified atom stereocenters. The Morgan fingerprint density at radius 2 is 1.87 bits per heavy atom. The minimum atomic E-state index is -3.55. The minimum absolute atomic E-state index is 0.116. The Bertz CT molecular complexity index is 1150. The fourth-order valence-corrected chi connectivity index (χ4v) is 7.40. The molecule has 1 aromatic carbocycles. The number of aromatic nitrogens is 1. The van der Waals surface area contributed by atoms with Crippen LogP contribution in [0.5, 0.6) is 0 Å². The smallest absolute Gasteiger partial charge is 0.252 e. The summed E-state index contributed by atoms with van der Waals surface area (Å²) in [5, 5.41) is 5.35. The number of hydrogen-bond acceptors (Lipinski definition) is 6. The third kappa shape index (κ3) is 4.89. The van der Waals surface area contributed by atoms with E-state index in [1.54, 1.807) is 6.07 Å². The van der Waals surface area contributed by atoms with Crippen LogP contribution in [0.4, 0.5) is 5.13 Å². The number of hydrogen-bond donors (Lipinski definition) is 1. The Morgan fingerprint density at radius 3 is 2.50 bits per heavy atom. The van der Waals surface area contributed by atoms with Gasteiger partial charge in [-0.25, -0.2) is 13.4 Å². The molecule has 0 aliphatic carbocycles. The fourth-order valence-electron chi connectivity index (χ4n) is 3.21. The van der Waals surface area contributed by atoms with Crippen molar-refractivity contribution in [1.29, 1.82) is 0 Å². The summed E-state index contributed by atoms with van der Waals surface area (Å²) >= 11 is 10.6. The summed E-state index contributed by atoms with van der Waals surface area (Å²) in [4.78, 5) is 17.2. The van der Waals surface area contributed by atoms with Crippen LogP contribution >= 0.6 is 56.9 Å². The molecule has 1 fully saturated rings. The standard InChI is InChI=1S/C19H17ClIN3O3S3/c20-16-5-6-17(29-16)30(26,27)24-9-7-13(8-10-24)18(25)23-19-22-15(11-28-19)12-1-3-14(21)4-2-12/h1-6,11,13H,7-10H2,(H,22,23,25). The molecular weight excluding hydrogens is 577 g/mol. The molecule has 3 heterocycles. The third-order valence-corrected chi connectivity index (χ3v) is 9.92. The van der Waals surface area contributed by atoms with Gasteiger partial charge in [-0.1, -0.05) is 23.7 Å². The molecular formula is C19H17ClIN3O3S3. The summed E-state index contributed by atoms with van der Waals surface area (Å²) in [7, 11) is -3.55. The van der Waals surface area contributed by atoms with Crippen molar-refractivity contribution in [3.05, 3.63) is 49.7 Å². The number of sulfonamides is 1. The molecule has 1 saturated heterocycles. The first kappa shape index (κ1) is 22.2. The number of nitrogens with one attached hydrogen (secondary N) is 1. The maximum absolute atomic E-state index is 12.7. The molecule has 158 valence electrons. The van der Waals surface area contributed by atoms with Gasteiger partial charge < -0.3 is 5.32 Å². The predicted molar refractivity (Wildman–Crippen MR) is 130 cm³/mol. The van der Waals surface area contributed by atoms with Crippen LogP contribution in [0.2, 0.25) is 4.34 Å². The lowest BCUT2D eigenvalue weighted by atomic mass is 9.97. The lowest BCUT2D eigenvalue weighted by molar-refractivity contribution is -0.120. The molecule has 3 aromatic rings. The van der Waals surface area contributed by atoms with Crippen molar-refractivity contribution in [2.24, 2.45) is 5.92 Å². The van der Waals surface area contributed by atoms with E-state index in [9.17, 15) is 13.2 Å². The van der Waals surface area contributed by atoms with Gasteiger partial charge in [0.15, 0.2) is 5.13 Å². The molecule has 1 amide bonds. The second-order valence-electron chi connectivity index (χ2n) is 6.77. The average Bonchev–Trinajstić information content (AvgIpc) is 3.38. The lowest BCUT2D eigenvalue weighted by Crippen LogP contribution is -2.41. The summed E-state index contributed by atoms with van der Waals surface area (Å²) in [6.07, 6.45) is 0.944. The highest BCUT2D eigenvalue weighted by molar-refractivity contribution is 14.1. The van der Waals surface area contributed by atoms with Gasteiger partial charge in [0.05, 0.1) is 10.0 Å². The minimum Gasteiger partial charge on any atom is -0.302 e. The maximum Gasteiger partial charge on any atom is 0.252 e. The van der Waals surface area contributed by atoms with Crippen molar-refractivity contribution in [3.8, 4) is 11.3 Å². The number of thiazole rings is 1. The molecule has 1 aliphatic rings. The second-order valence-corrected chi connectivity index (χ2v) is 12.8. The summed E-state index contributed by atoms with van der Waals surface area (Å²) in [6, 6.07) is 11.1. The first-order valence-corrected chi connectivity index (χ1v) is 13.7. The first-order valence-electron chi connectivity index (χ1n) is 9.11. The van der Waals surface area contributed by atoms with Gasteiger partial charge in [-0.2, -0.15) is 4.31 Å². The number of halogens is 2. The van der Waals surface area contributed by atoms with Gasteiger partial charge >= 0.3 is 0 Å². The summed E-state index contributed by atoms with van der Waals surface area (Å²) in [5.74, 6) is -0.358. The normalized spacial score (nSPS) is 15.9. The van der Waals surface area contributed by atoms with Crippen LogP contribution in [0.25, 0.3) is 11.3 Å². The number of nitrogens with zero attached hydrogens (tertiary/aromatic N) is 2. The number of amides is 1. The third-order valence-electron chi connectivity index (χ3n) is 4.84. The van der Waals surface area contributed by atoms with Crippen molar-refractivity contribution in [2.45, 2.75) is 17.1 Å². The van der Waals surface area contributed by atoms with Gasteiger partial charge in [0.1, 0.15) is 4.21 Å². The van der Waals surface area contributed by atoms with Crippen molar-refractivity contribution < 1.29 is 13.2 Å². The summed E-state index contributed by atoms with van der Waals surface area (Å²) in [6.45, 7) is 0.615. The van der Waals surface area contributed by atoms with E-state index < -0.39 is 10.0 Å². The number of carbonyl (C=O) groups is 1. The van der Waals surface area contributed by atoms with Crippen molar-refractivity contribution >= 4 is 77.9 Å². The number of rotatable bonds is 5. The number of thiophene rings is 1. The van der Waals surface area contributed by atoms with Crippen LogP contribution in [0.3, 0.4) is 0 Å². The molecule has 0 radical (unpaired) electrons. The van der Waals surface area contributed by atoms with Gasteiger partial charge in [-0.3, -0.25) is 4.79 Å². The van der Waals surface area contributed by atoms with Crippen LogP contribution in [0.1, 0.15) is 12.8 Å². The second kappa shape index (κ2) is 9.21. The Hall–Kier alpha value is -1.05. The number of anilines is 1. The molecule has 0 bridgehead atoms. The molecule has 2 aromatic heterocycles. The number of carbonyl (C=O) groups excluding carboxylic acids is 1. The average molecular weight is 594 g/mol. The van der Waals surface area contributed by atoms with E-state index in [4.69, 9.17) is 11.6 Å². The Labute approximate surface area is 201 Å². The summed E-state index contributed by atoms with van der Waals surface area (Å²) < 4.78 is 28.6. The van der Waals surface area contributed by atoms with Crippen molar-refractivity contribution in [2.75, 3.05) is 18.4 Å². The van der Waals surface area contributed by atoms with E-state index in [1.165, 1.54) is 21.7 Å². The van der Waals surface area contributed by atoms with Gasteiger partial charge in [0.2, 0.25) is 5.91 Å².